The first-order chi connectivity index (χ1) is 15.9. The van der Waals surface area contributed by atoms with Crippen LogP contribution in [0.4, 0.5) is 0 Å². The van der Waals surface area contributed by atoms with Gasteiger partial charge in [0.25, 0.3) is 0 Å². The Bertz CT molecular complexity index is 747. The molecule has 11 nitrogen and oxygen atoms in total. The summed E-state index contributed by atoms with van der Waals surface area (Å²) in [5.74, 6) is -0.352. The van der Waals surface area contributed by atoms with Crippen molar-refractivity contribution >= 4 is 17.8 Å². The van der Waals surface area contributed by atoms with Crippen LogP contribution in [-0.2, 0) is 32.1 Å². The van der Waals surface area contributed by atoms with Crippen LogP contribution < -0.4 is 5.32 Å². The molecule has 2 N–H and O–H groups in total. The van der Waals surface area contributed by atoms with Gasteiger partial charge in [0.15, 0.2) is 0 Å². The highest BCUT2D eigenvalue weighted by Crippen LogP contribution is 2.13. The van der Waals surface area contributed by atoms with Crippen LogP contribution in [0.25, 0.3) is 0 Å². The molecule has 0 saturated carbocycles. The van der Waals surface area contributed by atoms with Crippen molar-refractivity contribution in [2.24, 2.45) is 0 Å². The van der Waals surface area contributed by atoms with Crippen LogP contribution in [0.1, 0.15) is 51.1 Å². The SMILES string of the molecule is CCC(=O)NCCN(CCO)C(=O)CCCc1cn(CCC(=O)OC2CCN(C)CC2)nn1. The van der Waals surface area contributed by atoms with Crippen LogP contribution in [-0.4, -0.2) is 100 Å². The lowest BCUT2D eigenvalue weighted by molar-refractivity contribution is -0.151. The van der Waals surface area contributed by atoms with Crippen molar-refractivity contribution < 1.29 is 24.2 Å². The van der Waals surface area contributed by atoms with Crippen LogP contribution in [0.5, 0.6) is 0 Å². The molecule has 0 aromatic carbocycles. The number of nitrogens with zero attached hydrogens (tertiary/aromatic N) is 5. The molecular weight excluding hydrogens is 428 g/mol. The molecule has 1 fully saturated rings. The second kappa shape index (κ2) is 14.6. The second-order valence-corrected chi connectivity index (χ2v) is 8.38. The van der Waals surface area contributed by atoms with E-state index in [2.05, 4.69) is 27.6 Å². The maximum Gasteiger partial charge on any atom is 0.307 e. The number of nitrogens with one attached hydrogen (secondary N) is 1. The van der Waals surface area contributed by atoms with E-state index in [1.165, 1.54) is 0 Å². The van der Waals surface area contributed by atoms with Gasteiger partial charge in [0.05, 0.1) is 25.3 Å². The topological polar surface area (TPSA) is 130 Å². The molecule has 1 aromatic heterocycles. The zero-order chi connectivity index (χ0) is 24.1. The van der Waals surface area contributed by atoms with Gasteiger partial charge in [-0.1, -0.05) is 12.1 Å². The molecule has 0 bridgehead atoms. The van der Waals surface area contributed by atoms with Crippen molar-refractivity contribution in [3.8, 4) is 0 Å². The summed E-state index contributed by atoms with van der Waals surface area (Å²) in [6.45, 7) is 4.92. The largest absolute Gasteiger partial charge is 0.462 e. The highest BCUT2D eigenvalue weighted by atomic mass is 16.5. The van der Waals surface area contributed by atoms with Crippen LogP contribution >= 0.6 is 0 Å². The normalized spacial score (nSPS) is 14.8. The quantitative estimate of drug-likeness (QED) is 0.366. The Morgan fingerprint density at radius 3 is 2.70 bits per heavy atom. The van der Waals surface area contributed by atoms with Gasteiger partial charge in [-0.3, -0.25) is 19.1 Å². The fourth-order valence-corrected chi connectivity index (χ4v) is 3.63. The fourth-order valence-electron chi connectivity index (χ4n) is 3.63. The third kappa shape index (κ3) is 10.3. The number of aliphatic hydroxyl groups excluding tert-OH is 1. The lowest BCUT2D eigenvalue weighted by Gasteiger charge is -2.28. The van der Waals surface area contributed by atoms with Crippen LogP contribution in [0.2, 0.25) is 0 Å². The Labute approximate surface area is 195 Å². The third-order valence-electron chi connectivity index (χ3n) is 5.67. The number of aromatic nitrogens is 3. The van der Waals surface area contributed by atoms with Gasteiger partial charge in [-0.05, 0) is 32.7 Å². The van der Waals surface area contributed by atoms with Crippen molar-refractivity contribution in [3.05, 3.63) is 11.9 Å². The number of aryl methyl sites for hydroxylation is 2. The van der Waals surface area contributed by atoms with E-state index < -0.39 is 0 Å². The maximum absolute atomic E-state index is 12.4. The van der Waals surface area contributed by atoms with E-state index >= 15 is 0 Å². The van der Waals surface area contributed by atoms with Crippen molar-refractivity contribution in [3.63, 3.8) is 0 Å². The third-order valence-corrected chi connectivity index (χ3v) is 5.67. The van der Waals surface area contributed by atoms with E-state index in [0.29, 0.717) is 45.3 Å². The summed E-state index contributed by atoms with van der Waals surface area (Å²) in [6.07, 6.45) is 5.69. The van der Waals surface area contributed by atoms with Crippen molar-refractivity contribution in [2.45, 2.75) is 64.5 Å². The van der Waals surface area contributed by atoms with Gasteiger partial charge < -0.3 is 25.0 Å². The number of hydrogen-bond donors (Lipinski definition) is 2. The minimum Gasteiger partial charge on any atom is -0.462 e. The van der Waals surface area contributed by atoms with Gasteiger partial charge in [-0.15, -0.1) is 5.10 Å². The number of amides is 2. The molecule has 0 unspecified atom stereocenters. The summed E-state index contributed by atoms with van der Waals surface area (Å²) in [5, 5.41) is 20.1. The van der Waals surface area contributed by atoms with Gasteiger partial charge in [0.2, 0.25) is 11.8 Å². The molecule has 0 aliphatic carbocycles. The first-order valence-electron chi connectivity index (χ1n) is 11.8. The van der Waals surface area contributed by atoms with Gasteiger partial charge >= 0.3 is 5.97 Å². The summed E-state index contributed by atoms with van der Waals surface area (Å²) in [4.78, 5) is 39.6. The average Bonchev–Trinajstić information content (AvgIpc) is 3.26. The average molecular weight is 467 g/mol. The highest BCUT2D eigenvalue weighted by Gasteiger charge is 2.20. The predicted octanol–water partition coefficient (Wildman–Crippen LogP) is -0.0246. The summed E-state index contributed by atoms with van der Waals surface area (Å²) in [7, 11) is 2.07. The highest BCUT2D eigenvalue weighted by molar-refractivity contribution is 5.77. The standard InChI is InChI=1S/C22H38N6O5/c1-3-20(30)23-10-14-27(15-16-29)21(31)6-4-5-18-17-28(25-24-18)13-9-22(32)33-19-7-11-26(2)12-8-19/h17,19,29H,3-16H2,1-2H3,(H,23,30). The molecule has 186 valence electrons. The number of carbonyl (C=O) groups excluding carboxylic acids is 3. The Hall–Kier alpha value is -2.53. The minimum absolute atomic E-state index is 0.00542. The van der Waals surface area contributed by atoms with E-state index in [1.54, 1.807) is 22.7 Å². The molecule has 0 spiro atoms. The van der Waals surface area contributed by atoms with Crippen molar-refractivity contribution in [1.29, 1.82) is 0 Å². The van der Waals surface area contributed by atoms with E-state index in [4.69, 9.17) is 4.74 Å². The molecule has 2 heterocycles. The molecule has 1 aliphatic heterocycles. The van der Waals surface area contributed by atoms with Gasteiger partial charge in [-0.25, -0.2) is 0 Å². The number of carbonyl (C=O) groups is 3. The molecule has 11 heteroatoms. The fraction of sp³-hybridized carbons (Fsp3) is 0.773. The number of likely N-dealkylation sites (tertiary alicyclic amines) is 1. The Morgan fingerprint density at radius 2 is 2.00 bits per heavy atom. The molecule has 0 radical (unpaired) electrons. The molecule has 1 aromatic rings. The molecular formula is C22H38N6O5. The van der Waals surface area contributed by atoms with E-state index in [1.807, 2.05) is 0 Å². The monoisotopic (exact) mass is 466 g/mol. The molecule has 0 atom stereocenters. The first kappa shape index (κ1) is 26.7. The molecule has 1 saturated heterocycles. The lowest BCUT2D eigenvalue weighted by Crippen LogP contribution is -2.39. The number of ether oxygens (including phenoxy) is 1. The van der Waals surface area contributed by atoms with Gasteiger partial charge in [0.1, 0.15) is 6.10 Å². The van der Waals surface area contributed by atoms with Crippen LogP contribution in [0.3, 0.4) is 0 Å². The maximum atomic E-state index is 12.4. The predicted molar refractivity (Wildman–Crippen MR) is 121 cm³/mol. The second-order valence-electron chi connectivity index (χ2n) is 8.38. The number of aliphatic hydroxyl groups is 1. The number of esters is 1. The van der Waals surface area contributed by atoms with E-state index in [0.717, 1.165) is 31.6 Å². The number of hydrogen-bond acceptors (Lipinski definition) is 8. The van der Waals surface area contributed by atoms with Crippen molar-refractivity contribution in [2.75, 3.05) is 46.4 Å². The molecule has 2 amide bonds. The minimum atomic E-state index is -0.216. The zero-order valence-corrected chi connectivity index (χ0v) is 19.9. The summed E-state index contributed by atoms with van der Waals surface area (Å²) in [5.41, 5.74) is 0.760. The molecule has 1 aliphatic rings. The Balaban J connectivity index is 1.66. The Morgan fingerprint density at radius 1 is 1.24 bits per heavy atom. The van der Waals surface area contributed by atoms with Crippen LogP contribution in [0, 0.1) is 0 Å². The summed E-state index contributed by atoms with van der Waals surface area (Å²) >= 11 is 0. The Kier molecular flexibility index (Phi) is 11.8. The van der Waals surface area contributed by atoms with Crippen molar-refractivity contribution in [1.82, 2.24) is 30.1 Å². The van der Waals surface area contributed by atoms with E-state index in [-0.39, 0.29) is 43.5 Å². The molecule has 33 heavy (non-hydrogen) atoms. The summed E-state index contributed by atoms with van der Waals surface area (Å²) < 4.78 is 7.17. The summed E-state index contributed by atoms with van der Waals surface area (Å²) in [6, 6.07) is 0. The van der Waals surface area contributed by atoms with Gasteiger partial charge in [0, 0.05) is 51.8 Å². The zero-order valence-electron chi connectivity index (χ0n) is 19.9. The lowest BCUT2D eigenvalue weighted by atomic mass is 10.1. The number of piperidine rings is 1. The molecule has 2 rings (SSSR count). The van der Waals surface area contributed by atoms with Crippen LogP contribution in [0.15, 0.2) is 6.20 Å². The smallest absolute Gasteiger partial charge is 0.307 e. The van der Waals surface area contributed by atoms with E-state index in [9.17, 15) is 19.5 Å². The number of rotatable bonds is 14. The van der Waals surface area contributed by atoms with Gasteiger partial charge in [-0.2, -0.15) is 0 Å². The first-order valence-corrected chi connectivity index (χ1v) is 11.8.